The van der Waals surface area contributed by atoms with Crippen LogP contribution >= 0.6 is 0 Å². The molecule has 0 aliphatic carbocycles. The summed E-state index contributed by atoms with van der Waals surface area (Å²) in [5, 5.41) is 8.47. The van der Waals surface area contributed by atoms with E-state index in [1.54, 1.807) is 12.1 Å². The molecule has 0 spiro atoms. The lowest BCUT2D eigenvalue weighted by atomic mass is 10.1. The van der Waals surface area contributed by atoms with Crippen LogP contribution in [-0.4, -0.2) is 27.6 Å². The van der Waals surface area contributed by atoms with Gasteiger partial charge in [-0.25, -0.2) is 4.79 Å². The minimum absolute atomic E-state index is 0.255. The van der Waals surface area contributed by atoms with Gasteiger partial charge in [0.25, 0.3) is 0 Å². The molecule has 0 radical (unpaired) electrons. The largest absolute Gasteiger partial charge is 0.475 e. The highest BCUT2D eigenvalue weighted by Gasteiger charge is 2.18. The van der Waals surface area contributed by atoms with Gasteiger partial charge in [-0.15, -0.1) is 0 Å². The van der Waals surface area contributed by atoms with Crippen LogP contribution in [0.2, 0.25) is 0 Å². The van der Waals surface area contributed by atoms with Gasteiger partial charge in [0.2, 0.25) is 5.78 Å². The van der Waals surface area contributed by atoms with Crippen LogP contribution < -0.4 is 0 Å². The molecule has 1 heterocycles. The summed E-state index contributed by atoms with van der Waals surface area (Å²) < 4.78 is 0. The average Bonchev–Trinajstić information content (AvgIpc) is 2.88. The number of carbonyl (C=O) groups excluding carboxylic acids is 2. The van der Waals surface area contributed by atoms with E-state index in [0.717, 1.165) is 11.3 Å². The number of aromatic amines is 1. The summed E-state index contributed by atoms with van der Waals surface area (Å²) in [7, 11) is 0. The third-order valence-corrected chi connectivity index (χ3v) is 2.84. The van der Waals surface area contributed by atoms with Gasteiger partial charge in [0.1, 0.15) is 0 Å². The number of ketones is 2. The fraction of sp³-hybridized carbons (Fsp3) is 0.133. The number of nitrogens with one attached hydrogen (secondary N) is 1. The van der Waals surface area contributed by atoms with Crippen molar-refractivity contribution in [2.75, 3.05) is 0 Å². The third kappa shape index (κ3) is 3.41. The van der Waals surface area contributed by atoms with Crippen molar-refractivity contribution in [1.82, 2.24) is 4.98 Å². The maximum Gasteiger partial charge on any atom is 0.372 e. The Labute approximate surface area is 115 Å². The molecule has 0 fully saturated rings. The maximum absolute atomic E-state index is 11.7. The lowest BCUT2D eigenvalue weighted by Crippen LogP contribution is -2.17. The SMILES string of the molecule is O=C(O)C(=O)CC(=O)c1ccc(Cc2ccccc2)[nH]1. The van der Waals surface area contributed by atoms with Crippen LogP contribution in [0, 0.1) is 0 Å². The normalized spacial score (nSPS) is 10.2. The summed E-state index contributed by atoms with van der Waals surface area (Å²) in [5.41, 5.74) is 2.18. The highest BCUT2D eigenvalue weighted by atomic mass is 16.4. The summed E-state index contributed by atoms with van der Waals surface area (Å²) in [6.45, 7) is 0. The van der Waals surface area contributed by atoms with Crippen molar-refractivity contribution in [1.29, 1.82) is 0 Å². The van der Waals surface area contributed by atoms with E-state index < -0.39 is 24.0 Å². The number of hydrogen-bond acceptors (Lipinski definition) is 3. The van der Waals surface area contributed by atoms with E-state index in [2.05, 4.69) is 4.98 Å². The van der Waals surface area contributed by atoms with Gasteiger partial charge >= 0.3 is 5.97 Å². The molecule has 0 saturated carbocycles. The summed E-state index contributed by atoms with van der Waals surface area (Å²) in [6.07, 6.45) is 0.0155. The number of carboxylic acid groups (broad SMARTS) is 1. The number of Topliss-reactive ketones (excluding diaryl/α,β-unsaturated/α-hetero) is 2. The van der Waals surface area contributed by atoms with E-state index in [1.165, 1.54) is 0 Å². The first-order chi connectivity index (χ1) is 9.56. The van der Waals surface area contributed by atoms with Crippen LogP contribution in [0.25, 0.3) is 0 Å². The summed E-state index contributed by atoms with van der Waals surface area (Å²) >= 11 is 0. The average molecular weight is 271 g/mol. The molecule has 0 amide bonds. The van der Waals surface area contributed by atoms with Gasteiger partial charge in [0.15, 0.2) is 5.78 Å². The molecule has 0 atom stereocenters. The number of aliphatic carboxylic acids is 1. The van der Waals surface area contributed by atoms with Crippen LogP contribution in [-0.2, 0) is 16.0 Å². The van der Waals surface area contributed by atoms with Crippen LogP contribution in [0.1, 0.15) is 28.2 Å². The number of aromatic nitrogens is 1. The molecule has 0 aliphatic rings. The van der Waals surface area contributed by atoms with E-state index in [9.17, 15) is 14.4 Å². The lowest BCUT2D eigenvalue weighted by Gasteiger charge is -1.99. The number of carboxylic acids is 1. The molecule has 102 valence electrons. The van der Waals surface area contributed by atoms with Crippen LogP contribution in [0.15, 0.2) is 42.5 Å². The highest BCUT2D eigenvalue weighted by molar-refractivity contribution is 6.37. The van der Waals surface area contributed by atoms with Gasteiger partial charge in [-0.05, 0) is 17.7 Å². The highest BCUT2D eigenvalue weighted by Crippen LogP contribution is 2.10. The third-order valence-electron chi connectivity index (χ3n) is 2.84. The summed E-state index contributed by atoms with van der Waals surface area (Å²) in [5.74, 6) is -3.21. The molecule has 1 aromatic carbocycles. The maximum atomic E-state index is 11.7. The number of H-pyrrole nitrogens is 1. The van der Waals surface area contributed by atoms with Crippen molar-refractivity contribution in [3.05, 3.63) is 59.4 Å². The first-order valence-electron chi connectivity index (χ1n) is 6.07. The van der Waals surface area contributed by atoms with Gasteiger partial charge in [-0.2, -0.15) is 0 Å². The Morgan fingerprint density at radius 3 is 2.35 bits per heavy atom. The zero-order chi connectivity index (χ0) is 14.5. The molecule has 0 saturated heterocycles. The Kier molecular flexibility index (Phi) is 4.10. The standard InChI is InChI=1S/C15H13NO4/c17-13(9-14(18)15(19)20)12-7-6-11(16-12)8-10-4-2-1-3-5-10/h1-7,16H,8-9H2,(H,19,20). The molecule has 20 heavy (non-hydrogen) atoms. The van der Waals surface area contributed by atoms with E-state index in [4.69, 9.17) is 5.11 Å². The molecule has 0 unspecified atom stereocenters. The minimum Gasteiger partial charge on any atom is -0.475 e. The number of benzene rings is 1. The predicted octanol–water partition coefficient (Wildman–Crippen LogP) is 1.83. The van der Waals surface area contributed by atoms with Crippen molar-refractivity contribution >= 4 is 17.5 Å². The van der Waals surface area contributed by atoms with Crippen molar-refractivity contribution in [3.8, 4) is 0 Å². The van der Waals surface area contributed by atoms with Crippen LogP contribution in [0.3, 0.4) is 0 Å². The van der Waals surface area contributed by atoms with E-state index >= 15 is 0 Å². The first-order valence-corrected chi connectivity index (χ1v) is 6.07. The monoisotopic (exact) mass is 271 g/mol. The number of hydrogen-bond donors (Lipinski definition) is 2. The molecule has 5 nitrogen and oxygen atoms in total. The van der Waals surface area contributed by atoms with E-state index in [1.807, 2.05) is 30.3 Å². The summed E-state index contributed by atoms with van der Waals surface area (Å²) in [4.78, 5) is 36.0. The molecular weight excluding hydrogens is 258 g/mol. The van der Waals surface area contributed by atoms with Gasteiger partial charge in [-0.3, -0.25) is 9.59 Å². The Morgan fingerprint density at radius 2 is 1.70 bits per heavy atom. The molecular formula is C15H13NO4. The van der Waals surface area contributed by atoms with Crippen molar-refractivity contribution in [2.24, 2.45) is 0 Å². The van der Waals surface area contributed by atoms with Crippen molar-refractivity contribution < 1.29 is 19.5 Å². The zero-order valence-corrected chi connectivity index (χ0v) is 10.6. The van der Waals surface area contributed by atoms with Crippen molar-refractivity contribution in [2.45, 2.75) is 12.8 Å². The minimum atomic E-state index is -1.59. The van der Waals surface area contributed by atoms with Crippen LogP contribution in [0.4, 0.5) is 0 Å². The van der Waals surface area contributed by atoms with Gasteiger partial charge in [0, 0.05) is 12.1 Å². The van der Waals surface area contributed by atoms with Crippen molar-refractivity contribution in [3.63, 3.8) is 0 Å². The Balaban J connectivity index is 2.04. The second-order valence-electron chi connectivity index (χ2n) is 4.39. The second-order valence-corrected chi connectivity index (χ2v) is 4.39. The molecule has 1 aromatic heterocycles. The fourth-order valence-corrected chi connectivity index (χ4v) is 1.84. The molecule has 5 heteroatoms. The Hall–Kier alpha value is -2.69. The van der Waals surface area contributed by atoms with E-state index in [-0.39, 0.29) is 5.69 Å². The molecule has 2 aromatic rings. The first kappa shape index (κ1) is 13.7. The van der Waals surface area contributed by atoms with Gasteiger partial charge < -0.3 is 10.1 Å². The smallest absolute Gasteiger partial charge is 0.372 e. The zero-order valence-electron chi connectivity index (χ0n) is 10.6. The number of carbonyl (C=O) groups is 3. The molecule has 2 rings (SSSR count). The molecule has 2 N–H and O–H groups in total. The Morgan fingerprint density at radius 1 is 1.00 bits per heavy atom. The van der Waals surface area contributed by atoms with Crippen LogP contribution in [0.5, 0.6) is 0 Å². The topological polar surface area (TPSA) is 87.2 Å². The molecule has 0 bridgehead atoms. The Bertz CT molecular complexity index is 643. The quantitative estimate of drug-likeness (QED) is 0.476. The van der Waals surface area contributed by atoms with Gasteiger partial charge in [0.05, 0.1) is 12.1 Å². The summed E-state index contributed by atoms with van der Waals surface area (Å²) in [6, 6.07) is 13.0. The second kappa shape index (κ2) is 5.97. The number of rotatable bonds is 6. The fourth-order valence-electron chi connectivity index (χ4n) is 1.84. The lowest BCUT2D eigenvalue weighted by molar-refractivity contribution is -0.148. The van der Waals surface area contributed by atoms with E-state index in [0.29, 0.717) is 6.42 Å². The van der Waals surface area contributed by atoms with Gasteiger partial charge in [-0.1, -0.05) is 30.3 Å². The molecule has 0 aliphatic heterocycles. The predicted molar refractivity (Wildman–Crippen MR) is 71.6 cm³/mol.